The van der Waals surface area contributed by atoms with E-state index in [1.54, 1.807) is 12.1 Å². The third kappa shape index (κ3) is 3.22. The second-order valence-electron chi connectivity index (χ2n) is 4.55. The number of aliphatic hydroxyl groups excluding tert-OH is 1. The van der Waals surface area contributed by atoms with E-state index in [0.29, 0.717) is 11.1 Å². The highest BCUT2D eigenvalue weighted by molar-refractivity contribution is 9.10. The van der Waals surface area contributed by atoms with Crippen LogP contribution in [0.5, 0.6) is 0 Å². The Morgan fingerprint density at radius 3 is 2.20 bits per heavy atom. The van der Waals surface area contributed by atoms with E-state index in [1.165, 1.54) is 12.1 Å². The molecule has 0 aliphatic rings. The lowest BCUT2D eigenvalue weighted by Crippen LogP contribution is -2.06. The van der Waals surface area contributed by atoms with Gasteiger partial charge >= 0.3 is 6.18 Å². The molecule has 0 aromatic heterocycles. The molecule has 5 heteroatoms. The van der Waals surface area contributed by atoms with Gasteiger partial charge in [-0.15, -0.1) is 0 Å². The normalized spacial score (nSPS) is 13.3. The molecular formula is C15H12BrF3O. The van der Waals surface area contributed by atoms with E-state index in [4.69, 9.17) is 0 Å². The number of hydrogen-bond acceptors (Lipinski definition) is 1. The minimum Gasteiger partial charge on any atom is -0.384 e. The number of rotatable bonds is 2. The number of aryl methyl sites for hydroxylation is 1. The van der Waals surface area contributed by atoms with Crippen molar-refractivity contribution < 1.29 is 18.3 Å². The number of halogens is 4. The van der Waals surface area contributed by atoms with E-state index < -0.39 is 17.8 Å². The first-order valence-electron chi connectivity index (χ1n) is 5.90. The first-order chi connectivity index (χ1) is 9.29. The molecule has 0 aliphatic carbocycles. The average molecular weight is 345 g/mol. The van der Waals surface area contributed by atoms with Crippen molar-refractivity contribution in [1.82, 2.24) is 0 Å². The van der Waals surface area contributed by atoms with Crippen molar-refractivity contribution in [2.24, 2.45) is 0 Å². The topological polar surface area (TPSA) is 20.2 Å². The van der Waals surface area contributed by atoms with E-state index in [0.717, 1.165) is 22.2 Å². The Morgan fingerprint density at radius 1 is 1.05 bits per heavy atom. The Hall–Kier alpha value is -1.33. The summed E-state index contributed by atoms with van der Waals surface area (Å²) in [5.74, 6) is 0. The van der Waals surface area contributed by atoms with Crippen LogP contribution in [0, 0.1) is 6.92 Å². The smallest absolute Gasteiger partial charge is 0.384 e. The minimum absolute atomic E-state index is 0.421. The molecule has 0 bridgehead atoms. The van der Waals surface area contributed by atoms with Crippen molar-refractivity contribution >= 4 is 15.9 Å². The molecule has 0 saturated heterocycles. The molecule has 0 saturated carbocycles. The van der Waals surface area contributed by atoms with Crippen LogP contribution in [0.3, 0.4) is 0 Å². The van der Waals surface area contributed by atoms with Crippen LogP contribution in [0.2, 0.25) is 0 Å². The molecule has 0 spiro atoms. The van der Waals surface area contributed by atoms with E-state index in [2.05, 4.69) is 15.9 Å². The summed E-state index contributed by atoms with van der Waals surface area (Å²) in [6.45, 7) is 1.88. The summed E-state index contributed by atoms with van der Waals surface area (Å²) in [5, 5.41) is 10.3. The van der Waals surface area contributed by atoms with Crippen molar-refractivity contribution in [3.8, 4) is 0 Å². The van der Waals surface area contributed by atoms with Gasteiger partial charge in [0.15, 0.2) is 0 Å². The van der Waals surface area contributed by atoms with Crippen molar-refractivity contribution in [2.75, 3.05) is 0 Å². The molecule has 2 aromatic rings. The highest BCUT2D eigenvalue weighted by atomic mass is 79.9. The number of aliphatic hydroxyl groups is 1. The molecule has 0 aliphatic heterocycles. The van der Waals surface area contributed by atoms with Crippen molar-refractivity contribution in [3.63, 3.8) is 0 Å². The maximum atomic E-state index is 12.5. The first kappa shape index (κ1) is 15.1. The average Bonchev–Trinajstić information content (AvgIpc) is 2.40. The van der Waals surface area contributed by atoms with E-state index in [1.807, 2.05) is 13.0 Å². The van der Waals surface area contributed by atoms with Crippen molar-refractivity contribution in [1.29, 1.82) is 0 Å². The van der Waals surface area contributed by atoms with Gasteiger partial charge in [0.2, 0.25) is 0 Å². The van der Waals surface area contributed by atoms with Crippen LogP contribution in [-0.4, -0.2) is 5.11 Å². The second-order valence-corrected chi connectivity index (χ2v) is 5.40. The van der Waals surface area contributed by atoms with Gasteiger partial charge in [-0.05, 0) is 36.2 Å². The lowest BCUT2D eigenvalue weighted by atomic mass is 9.99. The van der Waals surface area contributed by atoms with Gasteiger partial charge in [0.1, 0.15) is 6.10 Å². The summed E-state index contributed by atoms with van der Waals surface area (Å²) in [6, 6.07) is 10.0. The Morgan fingerprint density at radius 2 is 1.65 bits per heavy atom. The molecule has 1 N–H and O–H groups in total. The third-order valence-corrected chi connectivity index (χ3v) is 3.72. The van der Waals surface area contributed by atoms with Gasteiger partial charge in [0, 0.05) is 4.47 Å². The summed E-state index contributed by atoms with van der Waals surface area (Å²) < 4.78 is 38.2. The van der Waals surface area contributed by atoms with Gasteiger partial charge in [-0.1, -0.05) is 45.8 Å². The Bertz CT molecular complexity index is 606. The molecular weight excluding hydrogens is 333 g/mol. The summed E-state index contributed by atoms with van der Waals surface area (Å²) in [7, 11) is 0. The molecule has 2 aromatic carbocycles. The van der Waals surface area contributed by atoms with Gasteiger partial charge in [0.25, 0.3) is 0 Å². The summed E-state index contributed by atoms with van der Waals surface area (Å²) in [5.41, 5.74) is 1.29. The van der Waals surface area contributed by atoms with Crippen LogP contribution in [0.15, 0.2) is 46.9 Å². The molecule has 1 unspecified atom stereocenters. The van der Waals surface area contributed by atoms with Gasteiger partial charge in [-0.3, -0.25) is 0 Å². The van der Waals surface area contributed by atoms with Crippen molar-refractivity contribution in [3.05, 3.63) is 69.2 Å². The molecule has 106 valence electrons. The molecule has 0 amide bonds. The molecule has 1 atom stereocenters. The van der Waals surface area contributed by atoms with Gasteiger partial charge in [0.05, 0.1) is 5.56 Å². The van der Waals surface area contributed by atoms with Crippen LogP contribution in [0.25, 0.3) is 0 Å². The van der Waals surface area contributed by atoms with E-state index in [-0.39, 0.29) is 0 Å². The molecule has 20 heavy (non-hydrogen) atoms. The van der Waals surface area contributed by atoms with E-state index >= 15 is 0 Å². The minimum atomic E-state index is -4.37. The standard InChI is InChI=1S/C15H12BrF3O/c1-9-2-7-13(16)12(8-9)14(20)10-3-5-11(6-4-10)15(17,18)19/h2-8,14,20H,1H3. The monoisotopic (exact) mass is 344 g/mol. The predicted octanol–water partition coefficient (Wildman–Crippen LogP) is 4.86. The lowest BCUT2D eigenvalue weighted by Gasteiger charge is -2.15. The first-order valence-corrected chi connectivity index (χ1v) is 6.69. The summed E-state index contributed by atoms with van der Waals surface area (Å²) >= 11 is 3.33. The molecule has 2 rings (SSSR count). The van der Waals surface area contributed by atoms with E-state index in [9.17, 15) is 18.3 Å². The zero-order valence-corrected chi connectivity index (χ0v) is 12.2. The fourth-order valence-corrected chi connectivity index (χ4v) is 2.37. The van der Waals surface area contributed by atoms with Crippen LogP contribution < -0.4 is 0 Å². The Kier molecular flexibility index (Phi) is 4.20. The second kappa shape index (κ2) is 5.58. The summed E-state index contributed by atoms with van der Waals surface area (Å²) in [6.07, 6.45) is -5.33. The molecule has 1 nitrogen and oxygen atoms in total. The van der Waals surface area contributed by atoms with Crippen LogP contribution >= 0.6 is 15.9 Å². The fourth-order valence-electron chi connectivity index (χ4n) is 1.91. The Balaban J connectivity index is 2.34. The van der Waals surface area contributed by atoms with Gasteiger partial charge in [-0.25, -0.2) is 0 Å². The largest absolute Gasteiger partial charge is 0.416 e. The fraction of sp³-hybridized carbons (Fsp3) is 0.200. The maximum Gasteiger partial charge on any atom is 0.416 e. The maximum absolute atomic E-state index is 12.5. The van der Waals surface area contributed by atoms with Crippen LogP contribution in [0.1, 0.15) is 28.4 Å². The lowest BCUT2D eigenvalue weighted by molar-refractivity contribution is -0.137. The van der Waals surface area contributed by atoms with Crippen LogP contribution in [0.4, 0.5) is 13.2 Å². The highest BCUT2D eigenvalue weighted by Crippen LogP contribution is 2.33. The Labute approximate surface area is 123 Å². The van der Waals surface area contributed by atoms with Crippen LogP contribution in [-0.2, 0) is 6.18 Å². The molecule has 0 fully saturated rings. The number of hydrogen-bond donors (Lipinski definition) is 1. The van der Waals surface area contributed by atoms with Gasteiger partial charge in [-0.2, -0.15) is 13.2 Å². The predicted molar refractivity (Wildman–Crippen MR) is 74.4 cm³/mol. The summed E-state index contributed by atoms with van der Waals surface area (Å²) in [4.78, 5) is 0. The highest BCUT2D eigenvalue weighted by Gasteiger charge is 2.30. The quantitative estimate of drug-likeness (QED) is 0.824. The third-order valence-electron chi connectivity index (χ3n) is 3.00. The van der Waals surface area contributed by atoms with Gasteiger partial charge < -0.3 is 5.11 Å². The zero-order chi connectivity index (χ0) is 14.9. The SMILES string of the molecule is Cc1ccc(Br)c(C(O)c2ccc(C(F)(F)F)cc2)c1. The number of alkyl halides is 3. The molecule has 0 heterocycles. The number of benzene rings is 2. The zero-order valence-electron chi connectivity index (χ0n) is 10.6. The van der Waals surface area contributed by atoms with Crippen molar-refractivity contribution in [2.45, 2.75) is 19.2 Å². The molecule has 0 radical (unpaired) electrons.